The molecule has 0 amide bonds. The number of anilines is 1. The van der Waals surface area contributed by atoms with E-state index >= 15 is 0 Å². The molecule has 0 aliphatic carbocycles. The van der Waals surface area contributed by atoms with Crippen molar-refractivity contribution in [3.05, 3.63) is 35.9 Å². The van der Waals surface area contributed by atoms with Crippen LogP contribution in [0.2, 0.25) is 0 Å². The van der Waals surface area contributed by atoms with Gasteiger partial charge in [-0.3, -0.25) is 0 Å². The van der Waals surface area contributed by atoms with E-state index in [-0.39, 0.29) is 0 Å². The van der Waals surface area contributed by atoms with E-state index in [4.69, 9.17) is 19.6 Å². The number of nitrogens with two attached hydrogens (primary N) is 1. The molecule has 0 fully saturated rings. The number of aryl methyl sites for hydroxylation is 1. The van der Waals surface area contributed by atoms with Crippen LogP contribution in [0.25, 0.3) is 22.6 Å². The lowest BCUT2D eigenvalue weighted by Gasteiger charge is -2.07. The molecule has 0 bridgehead atoms. The lowest BCUT2D eigenvalue weighted by atomic mass is 10.2. The van der Waals surface area contributed by atoms with Crippen molar-refractivity contribution in [2.75, 3.05) is 20.0 Å². The van der Waals surface area contributed by atoms with E-state index in [0.29, 0.717) is 23.1 Å². The zero-order valence-electron chi connectivity index (χ0n) is 12.1. The topological polar surface area (TPSA) is 70.5 Å². The number of nitrogen functional groups attached to an aromatic ring is 1. The highest BCUT2D eigenvalue weighted by atomic mass is 16.5. The summed E-state index contributed by atoms with van der Waals surface area (Å²) in [5.74, 6) is 1.87. The fraction of sp³-hybridized carbons (Fsp3) is 0.188. The SMILES string of the molecule is COc1ccc(OC)c(-c2nc3cc(N)cc(C)c3o2)c1. The molecule has 3 aromatic rings. The fourth-order valence-corrected chi connectivity index (χ4v) is 2.32. The molecule has 2 aromatic carbocycles. The summed E-state index contributed by atoms with van der Waals surface area (Å²) in [6, 6.07) is 9.14. The quantitative estimate of drug-likeness (QED) is 0.746. The summed E-state index contributed by atoms with van der Waals surface area (Å²) in [5.41, 5.74) is 9.66. The van der Waals surface area contributed by atoms with Crippen molar-refractivity contribution in [3.8, 4) is 23.0 Å². The number of aromatic nitrogens is 1. The second-order valence-electron chi connectivity index (χ2n) is 4.77. The average molecular weight is 284 g/mol. The van der Waals surface area contributed by atoms with Crippen LogP contribution in [0.1, 0.15) is 5.56 Å². The predicted molar refractivity (Wildman–Crippen MR) is 81.7 cm³/mol. The minimum absolute atomic E-state index is 0.481. The molecule has 1 heterocycles. The van der Waals surface area contributed by atoms with Gasteiger partial charge in [-0.2, -0.15) is 0 Å². The first-order valence-electron chi connectivity index (χ1n) is 6.51. The van der Waals surface area contributed by atoms with E-state index in [1.165, 1.54) is 0 Å². The maximum absolute atomic E-state index is 5.88. The van der Waals surface area contributed by atoms with Crippen LogP contribution >= 0.6 is 0 Å². The average Bonchev–Trinajstić information content (AvgIpc) is 2.90. The monoisotopic (exact) mass is 284 g/mol. The third kappa shape index (κ3) is 2.27. The van der Waals surface area contributed by atoms with E-state index < -0.39 is 0 Å². The molecule has 0 spiro atoms. The van der Waals surface area contributed by atoms with Crippen LogP contribution in [0.3, 0.4) is 0 Å². The number of fused-ring (bicyclic) bond motifs is 1. The van der Waals surface area contributed by atoms with Gasteiger partial charge in [-0.15, -0.1) is 0 Å². The zero-order valence-corrected chi connectivity index (χ0v) is 12.1. The van der Waals surface area contributed by atoms with Crippen molar-refractivity contribution < 1.29 is 13.9 Å². The second kappa shape index (κ2) is 5.01. The molecule has 5 nitrogen and oxygen atoms in total. The largest absolute Gasteiger partial charge is 0.497 e. The minimum atomic E-state index is 0.481. The van der Waals surface area contributed by atoms with Crippen LogP contribution in [0.15, 0.2) is 34.7 Å². The van der Waals surface area contributed by atoms with Gasteiger partial charge in [0.05, 0.1) is 19.8 Å². The van der Waals surface area contributed by atoms with E-state index in [0.717, 1.165) is 22.2 Å². The fourth-order valence-electron chi connectivity index (χ4n) is 2.32. The molecule has 0 saturated carbocycles. The van der Waals surface area contributed by atoms with Gasteiger partial charge in [-0.05, 0) is 42.8 Å². The van der Waals surface area contributed by atoms with Crippen LogP contribution in [-0.4, -0.2) is 19.2 Å². The molecule has 0 aliphatic heterocycles. The van der Waals surface area contributed by atoms with E-state index in [2.05, 4.69) is 4.98 Å². The summed E-state index contributed by atoms with van der Waals surface area (Å²) in [6.45, 7) is 1.94. The number of oxazole rings is 1. The van der Waals surface area contributed by atoms with Gasteiger partial charge in [-0.1, -0.05) is 0 Å². The van der Waals surface area contributed by atoms with Gasteiger partial charge in [-0.25, -0.2) is 4.98 Å². The van der Waals surface area contributed by atoms with Crippen molar-refractivity contribution in [3.63, 3.8) is 0 Å². The van der Waals surface area contributed by atoms with Crippen LogP contribution in [0.4, 0.5) is 5.69 Å². The van der Waals surface area contributed by atoms with Crippen molar-refractivity contribution in [1.29, 1.82) is 0 Å². The Hall–Kier alpha value is -2.69. The zero-order chi connectivity index (χ0) is 15.0. The molecule has 0 aliphatic rings. The van der Waals surface area contributed by atoms with Crippen LogP contribution in [0.5, 0.6) is 11.5 Å². The summed E-state index contributed by atoms with van der Waals surface area (Å²) in [7, 11) is 3.22. The Morgan fingerprint density at radius 1 is 1.10 bits per heavy atom. The molecular weight excluding hydrogens is 268 g/mol. The molecule has 2 N–H and O–H groups in total. The molecule has 1 aromatic heterocycles. The summed E-state index contributed by atoms with van der Waals surface area (Å²) in [6.07, 6.45) is 0. The molecule has 0 radical (unpaired) electrons. The highest BCUT2D eigenvalue weighted by molar-refractivity contribution is 5.83. The molecule has 0 unspecified atom stereocenters. The van der Waals surface area contributed by atoms with Gasteiger partial charge in [0.2, 0.25) is 5.89 Å². The first kappa shape index (κ1) is 13.3. The number of methoxy groups -OCH3 is 2. The summed E-state index contributed by atoms with van der Waals surface area (Å²) < 4.78 is 16.5. The third-order valence-corrected chi connectivity index (χ3v) is 3.34. The Morgan fingerprint density at radius 2 is 1.90 bits per heavy atom. The van der Waals surface area contributed by atoms with Gasteiger partial charge in [0, 0.05) is 5.69 Å². The van der Waals surface area contributed by atoms with Crippen molar-refractivity contribution in [2.24, 2.45) is 0 Å². The normalized spacial score (nSPS) is 10.8. The van der Waals surface area contributed by atoms with E-state index in [9.17, 15) is 0 Å². The number of nitrogens with zero attached hydrogens (tertiary/aromatic N) is 1. The maximum atomic E-state index is 5.88. The Balaban J connectivity index is 2.22. The molecule has 5 heteroatoms. The second-order valence-corrected chi connectivity index (χ2v) is 4.77. The summed E-state index contributed by atoms with van der Waals surface area (Å²) in [4.78, 5) is 4.51. The Labute approximate surface area is 122 Å². The summed E-state index contributed by atoms with van der Waals surface area (Å²) >= 11 is 0. The molecule has 108 valence electrons. The highest BCUT2D eigenvalue weighted by Gasteiger charge is 2.15. The minimum Gasteiger partial charge on any atom is -0.497 e. The van der Waals surface area contributed by atoms with Crippen LogP contribution < -0.4 is 15.2 Å². The molecule has 3 rings (SSSR count). The van der Waals surface area contributed by atoms with Gasteiger partial charge in [0.1, 0.15) is 17.0 Å². The van der Waals surface area contributed by atoms with Gasteiger partial charge in [0.25, 0.3) is 0 Å². The van der Waals surface area contributed by atoms with Crippen molar-refractivity contribution >= 4 is 16.8 Å². The number of hydrogen-bond acceptors (Lipinski definition) is 5. The smallest absolute Gasteiger partial charge is 0.231 e. The number of ether oxygens (including phenoxy) is 2. The molecular formula is C16H16N2O3. The Morgan fingerprint density at radius 3 is 2.62 bits per heavy atom. The maximum Gasteiger partial charge on any atom is 0.231 e. The van der Waals surface area contributed by atoms with E-state index in [1.807, 2.05) is 31.2 Å². The predicted octanol–water partition coefficient (Wildman–Crippen LogP) is 3.40. The standard InChI is InChI=1S/C16H16N2O3/c1-9-6-10(17)7-13-15(9)21-16(18-13)12-8-11(19-2)4-5-14(12)20-3/h4-8H,17H2,1-3H3. The van der Waals surface area contributed by atoms with Gasteiger partial charge in [0.15, 0.2) is 5.58 Å². The first-order valence-corrected chi connectivity index (χ1v) is 6.51. The first-order chi connectivity index (χ1) is 10.1. The lowest BCUT2D eigenvalue weighted by Crippen LogP contribution is -1.90. The highest BCUT2D eigenvalue weighted by Crippen LogP contribution is 2.35. The molecule has 21 heavy (non-hydrogen) atoms. The molecule has 0 atom stereocenters. The Bertz CT molecular complexity index is 809. The third-order valence-electron chi connectivity index (χ3n) is 3.34. The van der Waals surface area contributed by atoms with Crippen molar-refractivity contribution in [2.45, 2.75) is 6.92 Å². The Kier molecular flexibility index (Phi) is 3.17. The summed E-state index contributed by atoms with van der Waals surface area (Å²) in [5, 5.41) is 0. The van der Waals surface area contributed by atoms with Crippen LogP contribution in [-0.2, 0) is 0 Å². The van der Waals surface area contributed by atoms with Crippen molar-refractivity contribution in [1.82, 2.24) is 4.98 Å². The number of hydrogen-bond donors (Lipinski definition) is 1. The van der Waals surface area contributed by atoms with Gasteiger partial charge < -0.3 is 19.6 Å². The van der Waals surface area contributed by atoms with Crippen LogP contribution in [0, 0.1) is 6.92 Å². The molecule has 0 saturated heterocycles. The van der Waals surface area contributed by atoms with E-state index in [1.54, 1.807) is 20.3 Å². The number of rotatable bonds is 3. The van der Waals surface area contributed by atoms with Gasteiger partial charge >= 0.3 is 0 Å². The number of benzene rings is 2. The lowest BCUT2D eigenvalue weighted by molar-refractivity contribution is 0.403.